The Balaban J connectivity index is 5.07. The second kappa shape index (κ2) is 62.0. The van der Waals surface area contributed by atoms with Gasteiger partial charge in [-0.2, -0.15) is 0 Å². The average molecular weight is 1180 g/mol. The SMILES string of the molecule is CCCCC/C=C\C/C=C\C/C=C\C/C=C\CCCCCCCCCCCCCC(=O)OC(/C=C\CCCCCCCCCCC)C(COP(=O)(O)OCC[N+](C)(C)C)NC(=O)CCCCCCCC/C=C\C/C=C\C/C=C\CCCCC. The number of likely N-dealkylation sites (N-methyl/N-ethyl adjacent to an activating group) is 1. The van der Waals surface area contributed by atoms with E-state index in [0.29, 0.717) is 17.4 Å². The Morgan fingerprint density at radius 2 is 0.735 bits per heavy atom. The molecule has 10 heteroatoms. The number of carbonyl (C=O) groups excluding carboxylic acids is 2. The first-order valence-corrected chi connectivity index (χ1v) is 36.1. The summed E-state index contributed by atoms with van der Waals surface area (Å²) in [4.78, 5) is 37.8. The molecule has 0 fully saturated rings. The van der Waals surface area contributed by atoms with Crippen molar-refractivity contribution in [3.05, 3.63) is 97.2 Å². The number of allylic oxidation sites excluding steroid dienone is 15. The summed E-state index contributed by atoms with van der Waals surface area (Å²) < 4.78 is 30.8. The molecule has 2 N–H and O–H groups in total. The summed E-state index contributed by atoms with van der Waals surface area (Å²) in [5.41, 5.74) is 0. The van der Waals surface area contributed by atoms with Crippen molar-refractivity contribution < 1.29 is 37.3 Å². The molecule has 3 atom stereocenters. The number of hydrogen-bond donors (Lipinski definition) is 2. The molecule has 0 aliphatic heterocycles. The number of nitrogens with one attached hydrogen (secondary N) is 1. The van der Waals surface area contributed by atoms with Crippen LogP contribution in [0.2, 0.25) is 0 Å². The fourth-order valence-electron chi connectivity index (χ4n) is 9.64. The molecule has 0 aliphatic carbocycles. The highest BCUT2D eigenvalue weighted by Crippen LogP contribution is 2.43. The van der Waals surface area contributed by atoms with Crippen molar-refractivity contribution in [2.24, 2.45) is 0 Å². The fraction of sp³-hybridized carbons (Fsp3) is 0.753. The normalized spacial score (nSPS) is 14.2. The molecule has 480 valence electrons. The monoisotopic (exact) mass is 1180 g/mol. The molecule has 0 radical (unpaired) electrons. The third kappa shape index (κ3) is 63.3. The van der Waals surface area contributed by atoms with E-state index in [9.17, 15) is 19.0 Å². The average Bonchev–Trinajstić information content (AvgIpc) is 3.51. The predicted octanol–water partition coefficient (Wildman–Crippen LogP) is 21.9. The van der Waals surface area contributed by atoms with E-state index in [1.807, 2.05) is 33.3 Å². The van der Waals surface area contributed by atoms with Crippen molar-refractivity contribution in [3.8, 4) is 0 Å². The fourth-order valence-corrected chi connectivity index (χ4v) is 10.4. The summed E-state index contributed by atoms with van der Waals surface area (Å²) in [6.07, 6.45) is 84.1. The van der Waals surface area contributed by atoms with Crippen LogP contribution in [0.25, 0.3) is 0 Å². The molecule has 83 heavy (non-hydrogen) atoms. The van der Waals surface area contributed by atoms with Crippen LogP contribution in [0.1, 0.15) is 303 Å². The van der Waals surface area contributed by atoms with Crippen LogP contribution in [0.4, 0.5) is 0 Å². The Labute approximate surface area is 513 Å². The molecule has 0 aromatic heterocycles. The summed E-state index contributed by atoms with van der Waals surface area (Å²) >= 11 is 0. The summed E-state index contributed by atoms with van der Waals surface area (Å²) in [7, 11) is 1.48. The van der Waals surface area contributed by atoms with Crippen molar-refractivity contribution >= 4 is 19.7 Å². The maximum Gasteiger partial charge on any atom is 0.472 e. The van der Waals surface area contributed by atoms with Gasteiger partial charge in [-0.15, -0.1) is 0 Å². The van der Waals surface area contributed by atoms with Gasteiger partial charge in [0.1, 0.15) is 19.3 Å². The van der Waals surface area contributed by atoms with E-state index in [1.54, 1.807) is 0 Å². The molecule has 0 aromatic carbocycles. The first kappa shape index (κ1) is 79.9. The van der Waals surface area contributed by atoms with Crippen LogP contribution < -0.4 is 5.32 Å². The Bertz CT molecular complexity index is 1740. The van der Waals surface area contributed by atoms with Gasteiger partial charge >= 0.3 is 13.8 Å². The molecule has 0 aliphatic rings. The number of unbranched alkanes of at least 4 members (excludes halogenated alkanes) is 32. The quantitative estimate of drug-likeness (QED) is 0.0205. The highest BCUT2D eigenvalue weighted by Gasteiger charge is 2.30. The lowest BCUT2D eigenvalue weighted by Crippen LogP contribution is -2.47. The van der Waals surface area contributed by atoms with E-state index < -0.39 is 20.0 Å². The van der Waals surface area contributed by atoms with E-state index in [2.05, 4.69) is 111 Å². The smallest absolute Gasteiger partial charge is 0.456 e. The number of ether oxygens (including phenoxy) is 1. The minimum Gasteiger partial charge on any atom is -0.456 e. The summed E-state index contributed by atoms with van der Waals surface area (Å²) in [5.74, 6) is -0.522. The zero-order chi connectivity index (χ0) is 60.7. The van der Waals surface area contributed by atoms with Crippen molar-refractivity contribution in [1.82, 2.24) is 5.32 Å². The number of nitrogens with zero attached hydrogens (tertiary/aromatic N) is 1. The number of amides is 1. The summed E-state index contributed by atoms with van der Waals surface area (Å²) in [6, 6.07) is -0.862. The number of phosphoric acid groups is 1. The lowest BCUT2D eigenvalue weighted by atomic mass is 10.0. The van der Waals surface area contributed by atoms with E-state index in [0.717, 1.165) is 103 Å². The molecular formula is C73H132N2O7P+. The molecule has 0 saturated carbocycles. The lowest BCUT2D eigenvalue weighted by molar-refractivity contribution is -0.870. The van der Waals surface area contributed by atoms with Crippen LogP contribution >= 0.6 is 7.82 Å². The Morgan fingerprint density at radius 3 is 1.12 bits per heavy atom. The maximum absolute atomic E-state index is 13.6. The summed E-state index contributed by atoms with van der Waals surface area (Å²) in [6.45, 7) is 6.95. The van der Waals surface area contributed by atoms with Crippen molar-refractivity contribution in [2.75, 3.05) is 40.9 Å². The van der Waals surface area contributed by atoms with Gasteiger partial charge < -0.3 is 19.4 Å². The van der Waals surface area contributed by atoms with E-state index in [1.165, 1.54) is 167 Å². The number of rotatable bonds is 62. The molecule has 3 unspecified atom stereocenters. The molecule has 0 aromatic rings. The Kier molecular flexibility index (Phi) is 59.7. The van der Waals surface area contributed by atoms with Gasteiger partial charge in [0.2, 0.25) is 5.91 Å². The van der Waals surface area contributed by atoms with Crippen LogP contribution in [-0.2, 0) is 27.9 Å². The van der Waals surface area contributed by atoms with Gasteiger partial charge in [0.05, 0.1) is 33.8 Å². The topological polar surface area (TPSA) is 111 Å². The first-order valence-electron chi connectivity index (χ1n) is 34.6. The molecule has 0 spiro atoms. The summed E-state index contributed by atoms with van der Waals surface area (Å²) in [5, 5.41) is 3.06. The second-order valence-electron chi connectivity index (χ2n) is 24.3. The van der Waals surface area contributed by atoms with Crippen LogP contribution in [0.15, 0.2) is 97.2 Å². The Morgan fingerprint density at radius 1 is 0.422 bits per heavy atom. The third-order valence-corrected chi connectivity index (χ3v) is 16.0. The highest BCUT2D eigenvalue weighted by atomic mass is 31.2. The van der Waals surface area contributed by atoms with Gasteiger partial charge in [0.15, 0.2) is 0 Å². The van der Waals surface area contributed by atoms with Crippen molar-refractivity contribution in [3.63, 3.8) is 0 Å². The van der Waals surface area contributed by atoms with Gasteiger partial charge in [-0.1, -0.05) is 272 Å². The van der Waals surface area contributed by atoms with Crippen LogP contribution in [-0.4, -0.2) is 74.3 Å². The number of quaternary nitrogens is 1. The third-order valence-electron chi connectivity index (χ3n) is 15.0. The van der Waals surface area contributed by atoms with Crippen molar-refractivity contribution in [2.45, 2.75) is 315 Å². The number of phosphoric ester groups is 1. The van der Waals surface area contributed by atoms with Crippen LogP contribution in [0.5, 0.6) is 0 Å². The first-order chi connectivity index (χ1) is 40.4. The van der Waals surface area contributed by atoms with Gasteiger partial charge in [-0.3, -0.25) is 18.6 Å². The van der Waals surface area contributed by atoms with Gasteiger partial charge in [0, 0.05) is 12.8 Å². The largest absolute Gasteiger partial charge is 0.472 e. The minimum atomic E-state index is -4.46. The maximum atomic E-state index is 13.6. The number of esters is 1. The zero-order valence-corrected chi connectivity index (χ0v) is 55.8. The molecular weight excluding hydrogens is 1050 g/mol. The van der Waals surface area contributed by atoms with Crippen LogP contribution in [0.3, 0.4) is 0 Å². The molecule has 0 saturated heterocycles. The van der Waals surface area contributed by atoms with Gasteiger partial charge in [0.25, 0.3) is 0 Å². The van der Waals surface area contributed by atoms with E-state index >= 15 is 0 Å². The standard InChI is InChI=1S/C73H131N2O7P/c1-7-10-13-16-19-22-25-27-29-31-33-34-35-36-37-38-39-40-42-44-46-48-51-54-57-60-63-66-73(77)82-71(64-61-58-55-52-49-24-21-18-15-12-9-3)70(69-81-83(78,79)80-68-67-75(4,5)6)74-72(76)65-62-59-56-53-50-47-45-43-41-32-30-28-26-23-20-17-14-11-8-2/h19-20,22-23,27-30,33-34,36-37,41,43,61,64,70-71H,7-18,21,24-26,31-32,35,38-40,42,44-60,62-63,65-69H2,1-6H3,(H-,74,76,78,79)/p+1/b22-19-,23-20-,29-27-,30-28-,34-33-,37-36-,43-41-,64-61-. The molecule has 9 nitrogen and oxygen atoms in total. The van der Waals surface area contributed by atoms with E-state index in [4.69, 9.17) is 13.8 Å². The minimum absolute atomic E-state index is 0.0332. The zero-order valence-electron chi connectivity index (χ0n) is 54.9. The molecule has 0 heterocycles. The predicted molar refractivity (Wildman–Crippen MR) is 360 cm³/mol. The Hall–Kier alpha value is -3.07. The van der Waals surface area contributed by atoms with E-state index in [-0.39, 0.29) is 31.5 Å². The van der Waals surface area contributed by atoms with Crippen molar-refractivity contribution in [1.29, 1.82) is 0 Å². The lowest BCUT2D eigenvalue weighted by Gasteiger charge is -2.27. The van der Waals surface area contributed by atoms with Gasteiger partial charge in [-0.05, 0) is 115 Å². The molecule has 0 bridgehead atoms. The highest BCUT2D eigenvalue weighted by molar-refractivity contribution is 7.47. The number of carbonyl (C=O) groups is 2. The van der Waals surface area contributed by atoms with Crippen LogP contribution in [0, 0.1) is 0 Å². The molecule has 1 amide bonds. The second-order valence-corrected chi connectivity index (χ2v) is 25.8. The van der Waals surface area contributed by atoms with Gasteiger partial charge in [-0.25, -0.2) is 4.57 Å². The number of hydrogen-bond acceptors (Lipinski definition) is 6. The molecule has 0 rings (SSSR count).